The van der Waals surface area contributed by atoms with Crippen molar-refractivity contribution >= 4 is 23.6 Å². The Kier molecular flexibility index (Phi) is 4.72. The van der Waals surface area contributed by atoms with Gasteiger partial charge in [-0.25, -0.2) is 9.18 Å². The van der Waals surface area contributed by atoms with Crippen molar-refractivity contribution < 1.29 is 23.8 Å². The Morgan fingerprint density at radius 3 is 2.86 bits per heavy atom. The molecule has 0 aromatic heterocycles. The van der Waals surface area contributed by atoms with Gasteiger partial charge in [0.05, 0.1) is 0 Å². The SMILES string of the molecule is C[C@H](Oc1cccc(F)c1)C(=O)N[C@@]1(C(=O)O)CCSC1. The van der Waals surface area contributed by atoms with E-state index < -0.39 is 29.3 Å². The number of nitrogens with one attached hydrogen (secondary N) is 1. The number of ether oxygens (including phenoxy) is 1. The van der Waals surface area contributed by atoms with Crippen LogP contribution in [0.5, 0.6) is 5.75 Å². The Labute approximate surface area is 125 Å². The molecule has 5 nitrogen and oxygen atoms in total. The van der Waals surface area contributed by atoms with Crippen molar-refractivity contribution in [2.75, 3.05) is 11.5 Å². The summed E-state index contributed by atoms with van der Waals surface area (Å²) in [5, 5.41) is 11.9. The number of benzene rings is 1. The summed E-state index contributed by atoms with van der Waals surface area (Å²) in [4.78, 5) is 23.5. The number of aliphatic carboxylic acids is 1. The molecule has 2 N–H and O–H groups in total. The fraction of sp³-hybridized carbons (Fsp3) is 0.429. The standard InChI is InChI=1S/C14H16FNO4S/c1-9(20-11-4-2-3-10(15)7-11)12(17)16-14(13(18)19)5-6-21-8-14/h2-4,7,9H,5-6,8H2,1H3,(H,16,17)(H,18,19)/t9-,14-/m0/s1. The predicted octanol–water partition coefficient (Wildman–Crippen LogP) is 1.67. The van der Waals surface area contributed by atoms with Crippen LogP contribution >= 0.6 is 11.8 Å². The number of hydrogen-bond donors (Lipinski definition) is 2. The zero-order valence-corrected chi connectivity index (χ0v) is 12.3. The molecule has 1 aliphatic rings. The summed E-state index contributed by atoms with van der Waals surface area (Å²) in [6, 6.07) is 5.45. The van der Waals surface area contributed by atoms with Crippen molar-refractivity contribution in [2.45, 2.75) is 25.0 Å². The van der Waals surface area contributed by atoms with Crippen LogP contribution in [0.3, 0.4) is 0 Å². The summed E-state index contributed by atoms with van der Waals surface area (Å²) in [7, 11) is 0. The molecule has 1 heterocycles. The molecule has 1 aromatic rings. The predicted molar refractivity (Wildman–Crippen MR) is 76.9 cm³/mol. The van der Waals surface area contributed by atoms with Gasteiger partial charge in [0.2, 0.25) is 0 Å². The van der Waals surface area contributed by atoms with Crippen molar-refractivity contribution in [3.8, 4) is 5.75 Å². The van der Waals surface area contributed by atoms with Crippen LogP contribution in [-0.2, 0) is 9.59 Å². The first-order valence-corrected chi connectivity index (χ1v) is 7.64. The minimum absolute atomic E-state index is 0.225. The average molecular weight is 313 g/mol. The number of carbonyl (C=O) groups excluding carboxylic acids is 1. The number of carbonyl (C=O) groups is 2. The molecular weight excluding hydrogens is 297 g/mol. The highest BCUT2D eigenvalue weighted by molar-refractivity contribution is 7.99. The van der Waals surface area contributed by atoms with Crippen molar-refractivity contribution in [3.05, 3.63) is 30.1 Å². The van der Waals surface area contributed by atoms with Gasteiger partial charge in [-0.15, -0.1) is 0 Å². The quantitative estimate of drug-likeness (QED) is 0.865. The van der Waals surface area contributed by atoms with E-state index in [4.69, 9.17) is 4.74 Å². The van der Waals surface area contributed by atoms with Crippen LogP contribution < -0.4 is 10.1 Å². The monoisotopic (exact) mass is 313 g/mol. The Morgan fingerprint density at radius 1 is 1.52 bits per heavy atom. The molecule has 0 spiro atoms. The Morgan fingerprint density at radius 2 is 2.29 bits per heavy atom. The highest BCUT2D eigenvalue weighted by Gasteiger charge is 2.44. The minimum Gasteiger partial charge on any atom is -0.481 e. The maximum absolute atomic E-state index is 13.1. The Hall–Kier alpha value is -1.76. The fourth-order valence-corrected chi connectivity index (χ4v) is 3.35. The Balaban J connectivity index is 2.01. The van der Waals surface area contributed by atoms with Gasteiger partial charge >= 0.3 is 5.97 Å². The van der Waals surface area contributed by atoms with E-state index >= 15 is 0 Å². The van der Waals surface area contributed by atoms with Gasteiger partial charge in [0.15, 0.2) is 6.10 Å². The maximum atomic E-state index is 13.1. The zero-order chi connectivity index (χ0) is 15.5. The lowest BCUT2D eigenvalue weighted by Crippen LogP contribution is -2.57. The number of amides is 1. The molecule has 0 aliphatic carbocycles. The van der Waals surface area contributed by atoms with Gasteiger partial charge in [0, 0.05) is 11.8 Å². The van der Waals surface area contributed by atoms with Gasteiger partial charge in [-0.2, -0.15) is 11.8 Å². The van der Waals surface area contributed by atoms with Crippen molar-refractivity contribution in [1.82, 2.24) is 5.32 Å². The van der Waals surface area contributed by atoms with Crippen LogP contribution in [0.15, 0.2) is 24.3 Å². The summed E-state index contributed by atoms with van der Waals surface area (Å²) in [6.07, 6.45) is -0.528. The summed E-state index contributed by atoms with van der Waals surface area (Å²) in [6.45, 7) is 1.50. The first kappa shape index (κ1) is 15.6. The largest absolute Gasteiger partial charge is 0.481 e. The summed E-state index contributed by atoms with van der Waals surface area (Å²) in [5.74, 6) is -0.785. The van der Waals surface area contributed by atoms with E-state index in [2.05, 4.69) is 5.32 Å². The molecule has 1 aliphatic heterocycles. The topological polar surface area (TPSA) is 75.6 Å². The molecule has 21 heavy (non-hydrogen) atoms. The van der Waals surface area contributed by atoms with Gasteiger partial charge in [-0.05, 0) is 31.2 Å². The van der Waals surface area contributed by atoms with E-state index in [0.717, 1.165) is 0 Å². The molecule has 1 fully saturated rings. The summed E-state index contributed by atoms with van der Waals surface area (Å²) in [5.41, 5.74) is -1.23. The second kappa shape index (κ2) is 6.34. The second-order valence-corrected chi connectivity index (χ2v) is 6.00. The number of halogens is 1. The minimum atomic E-state index is -1.23. The normalized spacial score (nSPS) is 22.6. The lowest BCUT2D eigenvalue weighted by molar-refractivity contribution is -0.147. The van der Waals surface area contributed by atoms with Gasteiger partial charge in [0.25, 0.3) is 5.91 Å². The number of hydrogen-bond acceptors (Lipinski definition) is 4. The highest BCUT2D eigenvalue weighted by atomic mass is 32.2. The molecule has 0 unspecified atom stereocenters. The lowest BCUT2D eigenvalue weighted by Gasteiger charge is -2.26. The number of thioether (sulfide) groups is 1. The lowest BCUT2D eigenvalue weighted by atomic mass is 9.99. The highest BCUT2D eigenvalue weighted by Crippen LogP contribution is 2.28. The van der Waals surface area contributed by atoms with E-state index in [9.17, 15) is 19.1 Å². The van der Waals surface area contributed by atoms with E-state index in [1.807, 2.05) is 0 Å². The molecule has 0 bridgehead atoms. The van der Waals surface area contributed by atoms with Crippen LogP contribution in [0.2, 0.25) is 0 Å². The smallest absolute Gasteiger partial charge is 0.330 e. The van der Waals surface area contributed by atoms with Crippen molar-refractivity contribution in [1.29, 1.82) is 0 Å². The molecule has 0 radical (unpaired) electrons. The van der Waals surface area contributed by atoms with Crippen LogP contribution in [0.4, 0.5) is 4.39 Å². The zero-order valence-electron chi connectivity index (χ0n) is 11.5. The first-order valence-electron chi connectivity index (χ1n) is 6.48. The van der Waals surface area contributed by atoms with Gasteiger partial charge in [-0.1, -0.05) is 6.07 Å². The maximum Gasteiger partial charge on any atom is 0.330 e. The summed E-state index contributed by atoms with van der Waals surface area (Å²) >= 11 is 1.48. The molecule has 114 valence electrons. The molecule has 2 rings (SSSR count). The third kappa shape index (κ3) is 3.66. The van der Waals surface area contributed by atoms with Crippen molar-refractivity contribution in [2.24, 2.45) is 0 Å². The molecule has 1 aromatic carbocycles. The van der Waals surface area contributed by atoms with Gasteiger partial charge in [-0.3, -0.25) is 4.79 Å². The molecule has 1 amide bonds. The molecule has 1 saturated heterocycles. The van der Waals surface area contributed by atoms with Crippen LogP contribution in [0, 0.1) is 5.82 Å². The molecular formula is C14H16FNO4S. The van der Waals surface area contributed by atoms with E-state index in [0.29, 0.717) is 17.9 Å². The fourth-order valence-electron chi connectivity index (χ4n) is 2.02. The van der Waals surface area contributed by atoms with Crippen molar-refractivity contribution in [3.63, 3.8) is 0 Å². The third-order valence-electron chi connectivity index (χ3n) is 3.27. The molecule has 0 saturated carbocycles. The number of carboxylic acids is 1. The van der Waals surface area contributed by atoms with Crippen LogP contribution in [-0.4, -0.2) is 40.1 Å². The first-order chi connectivity index (χ1) is 9.93. The summed E-state index contributed by atoms with van der Waals surface area (Å²) < 4.78 is 18.4. The third-order valence-corrected chi connectivity index (χ3v) is 4.46. The average Bonchev–Trinajstić information content (AvgIpc) is 2.88. The van der Waals surface area contributed by atoms with E-state index in [1.165, 1.54) is 43.0 Å². The molecule has 2 atom stereocenters. The second-order valence-electron chi connectivity index (χ2n) is 4.90. The van der Waals surface area contributed by atoms with Gasteiger partial charge in [0.1, 0.15) is 17.1 Å². The number of rotatable bonds is 5. The Bertz CT molecular complexity index is 546. The number of carboxylic acid groups (broad SMARTS) is 1. The molecule has 7 heteroatoms. The van der Waals surface area contributed by atoms with E-state index in [-0.39, 0.29) is 5.75 Å². The van der Waals surface area contributed by atoms with E-state index in [1.54, 1.807) is 0 Å². The van der Waals surface area contributed by atoms with Gasteiger partial charge < -0.3 is 15.2 Å². The van der Waals surface area contributed by atoms with Crippen LogP contribution in [0.1, 0.15) is 13.3 Å². The van der Waals surface area contributed by atoms with Crippen LogP contribution in [0.25, 0.3) is 0 Å².